The summed E-state index contributed by atoms with van der Waals surface area (Å²) in [5.74, 6) is -1.12. The molecule has 1 saturated heterocycles. The highest BCUT2D eigenvalue weighted by Crippen LogP contribution is 2.33. The summed E-state index contributed by atoms with van der Waals surface area (Å²) < 4.78 is 19.4. The molecule has 144 valence electrons. The van der Waals surface area contributed by atoms with Gasteiger partial charge >= 0.3 is 6.09 Å². The van der Waals surface area contributed by atoms with Gasteiger partial charge in [-0.25, -0.2) is 14.2 Å². The Balaban J connectivity index is 1.57. The zero-order chi connectivity index (χ0) is 19.7. The number of benzene rings is 2. The van der Waals surface area contributed by atoms with Crippen LogP contribution in [-0.2, 0) is 11.3 Å². The number of aromatic nitrogens is 2. The first-order valence-electron chi connectivity index (χ1n) is 9.00. The zero-order valence-corrected chi connectivity index (χ0v) is 15.0. The highest BCUT2D eigenvalue weighted by atomic mass is 19.1. The van der Waals surface area contributed by atoms with Crippen LogP contribution in [0.3, 0.4) is 0 Å². The Morgan fingerprint density at radius 1 is 1.25 bits per heavy atom. The Hall–Kier alpha value is -3.42. The Morgan fingerprint density at radius 2 is 2.04 bits per heavy atom. The van der Waals surface area contributed by atoms with Crippen molar-refractivity contribution < 1.29 is 18.7 Å². The number of aromatic amines is 1. The van der Waals surface area contributed by atoms with Crippen molar-refractivity contribution in [3.8, 4) is 0 Å². The van der Waals surface area contributed by atoms with E-state index in [-0.39, 0.29) is 23.7 Å². The Labute approximate surface area is 160 Å². The summed E-state index contributed by atoms with van der Waals surface area (Å²) in [6.07, 6.45) is 1.04. The molecule has 28 heavy (non-hydrogen) atoms. The molecule has 3 aromatic rings. The van der Waals surface area contributed by atoms with Crippen LogP contribution in [0.2, 0.25) is 0 Å². The second kappa shape index (κ2) is 7.30. The van der Waals surface area contributed by atoms with Crippen LogP contribution >= 0.6 is 0 Å². The molecule has 1 aliphatic heterocycles. The summed E-state index contributed by atoms with van der Waals surface area (Å²) in [6, 6.07) is 11.8. The van der Waals surface area contributed by atoms with Gasteiger partial charge in [0.1, 0.15) is 29.3 Å². The van der Waals surface area contributed by atoms with Gasteiger partial charge in [-0.05, 0) is 30.5 Å². The van der Waals surface area contributed by atoms with Crippen molar-refractivity contribution in [2.24, 2.45) is 5.73 Å². The lowest BCUT2D eigenvalue weighted by Crippen LogP contribution is -2.31. The Bertz CT molecular complexity index is 1030. The maximum atomic E-state index is 14.0. The number of rotatable bonds is 4. The van der Waals surface area contributed by atoms with Gasteiger partial charge in [0, 0.05) is 6.54 Å². The molecule has 0 bridgehead atoms. The van der Waals surface area contributed by atoms with Crippen LogP contribution in [0.15, 0.2) is 42.5 Å². The molecule has 7 nitrogen and oxygen atoms in total. The largest absolute Gasteiger partial charge is 0.445 e. The molecule has 0 spiro atoms. The number of ether oxygens (including phenoxy) is 1. The van der Waals surface area contributed by atoms with Crippen LogP contribution in [0.5, 0.6) is 0 Å². The van der Waals surface area contributed by atoms with Gasteiger partial charge in [-0.3, -0.25) is 9.69 Å². The predicted octanol–water partition coefficient (Wildman–Crippen LogP) is 3.27. The quantitative estimate of drug-likeness (QED) is 0.723. The molecule has 1 aliphatic rings. The smallest absolute Gasteiger partial charge is 0.410 e. The van der Waals surface area contributed by atoms with E-state index >= 15 is 0 Å². The first kappa shape index (κ1) is 18.0. The summed E-state index contributed by atoms with van der Waals surface area (Å²) in [4.78, 5) is 33.2. The van der Waals surface area contributed by atoms with Gasteiger partial charge in [-0.15, -0.1) is 0 Å². The zero-order valence-electron chi connectivity index (χ0n) is 15.0. The van der Waals surface area contributed by atoms with Gasteiger partial charge < -0.3 is 15.5 Å². The van der Waals surface area contributed by atoms with E-state index in [2.05, 4.69) is 9.97 Å². The molecule has 1 atom stereocenters. The molecule has 3 N–H and O–H groups in total. The number of fused-ring (bicyclic) bond motifs is 1. The topological polar surface area (TPSA) is 101 Å². The number of H-pyrrole nitrogens is 1. The van der Waals surface area contributed by atoms with Gasteiger partial charge in [-0.2, -0.15) is 0 Å². The molecule has 4 rings (SSSR count). The number of hydrogen-bond acceptors (Lipinski definition) is 4. The number of nitrogens with zero attached hydrogens (tertiary/aromatic N) is 2. The van der Waals surface area contributed by atoms with E-state index in [4.69, 9.17) is 10.5 Å². The average Bonchev–Trinajstić information content (AvgIpc) is 3.33. The summed E-state index contributed by atoms with van der Waals surface area (Å²) in [7, 11) is 0. The van der Waals surface area contributed by atoms with E-state index in [1.807, 2.05) is 30.3 Å². The molecule has 0 aliphatic carbocycles. The van der Waals surface area contributed by atoms with Crippen molar-refractivity contribution in [1.29, 1.82) is 0 Å². The third-order valence-electron chi connectivity index (χ3n) is 4.88. The van der Waals surface area contributed by atoms with E-state index in [9.17, 15) is 14.0 Å². The lowest BCUT2D eigenvalue weighted by atomic mass is 10.1. The fourth-order valence-corrected chi connectivity index (χ4v) is 3.53. The maximum Gasteiger partial charge on any atom is 0.410 e. The highest BCUT2D eigenvalue weighted by Gasteiger charge is 2.33. The van der Waals surface area contributed by atoms with E-state index < -0.39 is 17.8 Å². The number of amides is 2. The van der Waals surface area contributed by atoms with Gasteiger partial charge in [-0.1, -0.05) is 30.3 Å². The summed E-state index contributed by atoms with van der Waals surface area (Å²) >= 11 is 0. The number of likely N-dealkylation sites (tertiary alicyclic amines) is 1. The molecule has 8 heteroatoms. The fraction of sp³-hybridized carbons (Fsp3) is 0.250. The fourth-order valence-electron chi connectivity index (χ4n) is 3.53. The first-order chi connectivity index (χ1) is 13.5. The average molecular weight is 382 g/mol. The minimum absolute atomic E-state index is 0.173. The van der Waals surface area contributed by atoms with Gasteiger partial charge in [0.15, 0.2) is 0 Å². The molecule has 2 heterocycles. The molecule has 0 radical (unpaired) electrons. The van der Waals surface area contributed by atoms with Gasteiger partial charge in [0.2, 0.25) is 0 Å². The maximum absolute atomic E-state index is 14.0. The number of halogens is 1. The van der Waals surface area contributed by atoms with Crippen LogP contribution in [0.4, 0.5) is 9.18 Å². The Kier molecular flexibility index (Phi) is 4.68. The first-order valence-corrected chi connectivity index (χ1v) is 9.00. The number of carbonyl (C=O) groups is 2. The third kappa shape index (κ3) is 3.28. The molecule has 2 aromatic carbocycles. The number of nitrogens with one attached hydrogen (secondary N) is 1. The minimum atomic E-state index is -0.883. The van der Waals surface area contributed by atoms with Gasteiger partial charge in [0.05, 0.1) is 11.6 Å². The SMILES string of the molecule is NC(=O)c1c(F)ccc2[nH]c(C3CCCN3C(=O)OCc3ccccc3)nc12. The highest BCUT2D eigenvalue weighted by molar-refractivity contribution is 6.04. The predicted molar refractivity (Wildman–Crippen MR) is 99.9 cm³/mol. The molecular formula is C20H19FN4O3. The van der Waals surface area contributed by atoms with Crippen LogP contribution in [-0.4, -0.2) is 33.4 Å². The summed E-state index contributed by atoms with van der Waals surface area (Å²) in [5, 5.41) is 0. The number of hydrogen-bond donors (Lipinski definition) is 2. The van der Waals surface area contributed by atoms with E-state index in [1.54, 1.807) is 4.90 Å². The van der Waals surface area contributed by atoms with Crippen molar-refractivity contribution in [3.05, 3.63) is 65.2 Å². The van der Waals surface area contributed by atoms with Crippen LogP contribution in [0, 0.1) is 5.82 Å². The van der Waals surface area contributed by atoms with E-state index in [0.717, 1.165) is 12.0 Å². The molecule has 1 unspecified atom stereocenters. The number of nitrogens with two attached hydrogens (primary N) is 1. The lowest BCUT2D eigenvalue weighted by Gasteiger charge is -2.22. The summed E-state index contributed by atoms with van der Waals surface area (Å²) in [5.41, 5.74) is 6.61. The van der Waals surface area contributed by atoms with E-state index in [0.29, 0.717) is 24.3 Å². The second-order valence-electron chi connectivity index (χ2n) is 6.70. The number of imidazole rings is 1. The molecular weight excluding hydrogens is 363 g/mol. The summed E-state index contributed by atoms with van der Waals surface area (Å²) in [6.45, 7) is 0.715. The standard InChI is InChI=1S/C20H19FN4O3/c21-13-8-9-14-17(16(13)18(22)26)24-19(23-14)15-7-4-10-25(15)20(27)28-11-12-5-2-1-3-6-12/h1-3,5-6,8-9,15H,4,7,10-11H2,(H2,22,26)(H,23,24). The number of primary amides is 1. The van der Waals surface area contributed by atoms with Crippen molar-refractivity contribution in [2.45, 2.75) is 25.5 Å². The lowest BCUT2D eigenvalue weighted by molar-refractivity contribution is 0.0909. The third-order valence-corrected chi connectivity index (χ3v) is 4.88. The molecule has 1 aromatic heterocycles. The molecule has 1 fully saturated rings. The van der Waals surface area contributed by atoms with Crippen molar-refractivity contribution in [3.63, 3.8) is 0 Å². The normalized spacial score (nSPS) is 16.5. The van der Waals surface area contributed by atoms with E-state index in [1.165, 1.54) is 12.1 Å². The molecule has 0 saturated carbocycles. The van der Waals surface area contributed by atoms with Crippen LogP contribution < -0.4 is 5.73 Å². The van der Waals surface area contributed by atoms with Crippen molar-refractivity contribution in [1.82, 2.24) is 14.9 Å². The monoisotopic (exact) mass is 382 g/mol. The second-order valence-corrected chi connectivity index (χ2v) is 6.70. The molecule has 2 amide bonds. The Morgan fingerprint density at radius 3 is 2.79 bits per heavy atom. The van der Waals surface area contributed by atoms with Crippen LogP contribution in [0.1, 0.15) is 40.6 Å². The van der Waals surface area contributed by atoms with Crippen LogP contribution in [0.25, 0.3) is 11.0 Å². The minimum Gasteiger partial charge on any atom is -0.445 e. The number of carbonyl (C=O) groups excluding carboxylic acids is 2. The van der Waals surface area contributed by atoms with Crippen molar-refractivity contribution in [2.75, 3.05) is 6.54 Å². The van der Waals surface area contributed by atoms with Crippen molar-refractivity contribution >= 4 is 23.0 Å². The van der Waals surface area contributed by atoms with Gasteiger partial charge in [0.25, 0.3) is 5.91 Å².